The van der Waals surface area contributed by atoms with E-state index in [0.29, 0.717) is 5.92 Å². The highest BCUT2D eigenvalue weighted by Gasteiger charge is 2.44. The first-order valence-electron chi connectivity index (χ1n) is 10.1. The zero-order valence-corrected chi connectivity index (χ0v) is 20.6. The van der Waals surface area contributed by atoms with Gasteiger partial charge in [0.1, 0.15) is 0 Å². The van der Waals surface area contributed by atoms with Gasteiger partial charge in [-0.15, -0.1) is 24.0 Å². The highest BCUT2D eigenvalue weighted by Crippen LogP contribution is 2.48. The monoisotopic (exact) mass is 565 g/mol. The van der Waals surface area contributed by atoms with Gasteiger partial charge in [-0.1, -0.05) is 28.1 Å². The van der Waals surface area contributed by atoms with Gasteiger partial charge < -0.3 is 20.1 Å². The van der Waals surface area contributed by atoms with Crippen molar-refractivity contribution in [3.05, 3.63) is 34.3 Å². The van der Waals surface area contributed by atoms with E-state index in [1.54, 1.807) is 0 Å². The molecule has 1 aromatic carbocycles. The molecular weight excluding hydrogens is 533 g/mol. The van der Waals surface area contributed by atoms with Crippen LogP contribution in [0.15, 0.2) is 33.7 Å². The third-order valence-corrected chi connectivity index (χ3v) is 6.05. The lowest BCUT2D eigenvalue weighted by molar-refractivity contribution is 0.0203. The number of ether oxygens (including phenoxy) is 2. The lowest BCUT2D eigenvalue weighted by Gasteiger charge is -2.22. The fourth-order valence-electron chi connectivity index (χ4n) is 3.55. The molecule has 2 N–H and O–H groups in total. The number of benzene rings is 1. The van der Waals surface area contributed by atoms with Gasteiger partial charge in [-0.05, 0) is 55.7 Å². The van der Waals surface area contributed by atoms with Crippen LogP contribution >= 0.6 is 39.9 Å². The third kappa shape index (κ3) is 7.46. The number of hydrogen-bond donors (Lipinski definition) is 2. The summed E-state index contributed by atoms with van der Waals surface area (Å²) in [7, 11) is 1.83. The highest BCUT2D eigenvalue weighted by molar-refractivity contribution is 14.0. The molecule has 5 nitrogen and oxygen atoms in total. The molecule has 1 aliphatic heterocycles. The highest BCUT2D eigenvalue weighted by atomic mass is 127. The molecular formula is C21H33BrIN3O2. The molecule has 1 saturated heterocycles. The maximum absolute atomic E-state index is 5.82. The average Bonchev–Trinajstić information content (AvgIpc) is 3.49. The SMILES string of the molecule is CN=C(NCCCOCC1CCOCC1)NCC1(c2cccc(Br)c2)CC1.I. The summed E-state index contributed by atoms with van der Waals surface area (Å²) in [6, 6.07) is 8.66. The molecule has 28 heavy (non-hydrogen) atoms. The van der Waals surface area contributed by atoms with Crippen LogP contribution in [0.25, 0.3) is 0 Å². The van der Waals surface area contributed by atoms with E-state index >= 15 is 0 Å². The summed E-state index contributed by atoms with van der Waals surface area (Å²) in [5.41, 5.74) is 1.66. The zero-order chi connectivity index (χ0) is 19.0. The molecule has 0 amide bonds. The Balaban J connectivity index is 0.00000280. The van der Waals surface area contributed by atoms with Crippen molar-refractivity contribution in [3.8, 4) is 0 Å². The number of rotatable bonds is 9. The van der Waals surface area contributed by atoms with Crippen molar-refractivity contribution >= 4 is 45.9 Å². The van der Waals surface area contributed by atoms with Crippen molar-refractivity contribution in [3.63, 3.8) is 0 Å². The number of nitrogens with one attached hydrogen (secondary N) is 2. The van der Waals surface area contributed by atoms with Gasteiger partial charge in [-0.3, -0.25) is 4.99 Å². The van der Waals surface area contributed by atoms with Crippen molar-refractivity contribution in [2.75, 3.05) is 46.6 Å². The van der Waals surface area contributed by atoms with Crippen LogP contribution in [0, 0.1) is 5.92 Å². The van der Waals surface area contributed by atoms with Crippen LogP contribution < -0.4 is 10.6 Å². The smallest absolute Gasteiger partial charge is 0.191 e. The van der Waals surface area contributed by atoms with Crippen molar-refractivity contribution in [2.24, 2.45) is 10.9 Å². The summed E-state index contributed by atoms with van der Waals surface area (Å²) >= 11 is 3.58. The van der Waals surface area contributed by atoms with E-state index in [4.69, 9.17) is 9.47 Å². The summed E-state index contributed by atoms with van der Waals surface area (Å²) in [5, 5.41) is 6.90. The third-order valence-electron chi connectivity index (χ3n) is 5.56. The van der Waals surface area contributed by atoms with Gasteiger partial charge >= 0.3 is 0 Å². The number of hydrogen-bond acceptors (Lipinski definition) is 3. The molecule has 1 heterocycles. The summed E-state index contributed by atoms with van der Waals surface area (Å²) in [6.45, 7) is 5.23. The maximum Gasteiger partial charge on any atom is 0.191 e. The zero-order valence-electron chi connectivity index (χ0n) is 16.7. The van der Waals surface area contributed by atoms with Gasteiger partial charge in [0.2, 0.25) is 0 Å². The van der Waals surface area contributed by atoms with Gasteiger partial charge in [0, 0.05) is 56.5 Å². The lowest BCUT2D eigenvalue weighted by Crippen LogP contribution is -2.41. The molecule has 0 unspecified atom stereocenters. The Labute approximate surface area is 194 Å². The van der Waals surface area contributed by atoms with E-state index < -0.39 is 0 Å². The summed E-state index contributed by atoms with van der Waals surface area (Å²) in [4.78, 5) is 4.35. The van der Waals surface area contributed by atoms with Gasteiger partial charge in [0.05, 0.1) is 0 Å². The normalized spacial score (nSPS) is 19.0. The Morgan fingerprint density at radius 3 is 2.75 bits per heavy atom. The molecule has 2 fully saturated rings. The number of guanidine groups is 1. The fourth-order valence-corrected chi connectivity index (χ4v) is 3.95. The fraction of sp³-hybridized carbons (Fsp3) is 0.667. The first-order valence-corrected chi connectivity index (χ1v) is 10.9. The van der Waals surface area contributed by atoms with E-state index in [2.05, 4.69) is 55.8 Å². The molecule has 1 saturated carbocycles. The van der Waals surface area contributed by atoms with Crippen molar-refractivity contribution in [1.82, 2.24) is 10.6 Å². The molecule has 7 heteroatoms. The minimum Gasteiger partial charge on any atom is -0.381 e. The molecule has 1 aliphatic carbocycles. The Bertz CT molecular complexity index is 619. The summed E-state index contributed by atoms with van der Waals surface area (Å²) in [6.07, 6.45) is 5.71. The Morgan fingerprint density at radius 1 is 1.29 bits per heavy atom. The number of aliphatic imine (C=N–C) groups is 1. The van der Waals surface area contributed by atoms with Crippen LogP contribution in [0.5, 0.6) is 0 Å². The Hall–Kier alpha value is -0.380. The second kappa shape index (κ2) is 12.3. The van der Waals surface area contributed by atoms with Gasteiger partial charge in [-0.25, -0.2) is 0 Å². The van der Waals surface area contributed by atoms with E-state index in [-0.39, 0.29) is 29.4 Å². The van der Waals surface area contributed by atoms with Crippen LogP contribution in [0.4, 0.5) is 0 Å². The molecule has 0 aromatic heterocycles. The Kier molecular flexibility index (Phi) is 10.5. The van der Waals surface area contributed by atoms with Crippen molar-refractivity contribution in [1.29, 1.82) is 0 Å². The molecule has 2 aliphatic rings. The number of halogens is 2. The van der Waals surface area contributed by atoms with E-state index in [1.165, 1.54) is 18.4 Å². The lowest BCUT2D eigenvalue weighted by atomic mass is 9.96. The van der Waals surface area contributed by atoms with E-state index in [0.717, 1.165) is 69.2 Å². The predicted molar refractivity (Wildman–Crippen MR) is 129 cm³/mol. The molecule has 0 radical (unpaired) electrons. The average molecular weight is 566 g/mol. The largest absolute Gasteiger partial charge is 0.381 e. The summed E-state index contributed by atoms with van der Waals surface area (Å²) in [5.74, 6) is 1.55. The van der Waals surface area contributed by atoms with Gasteiger partial charge in [0.25, 0.3) is 0 Å². The molecule has 0 bridgehead atoms. The van der Waals surface area contributed by atoms with Crippen LogP contribution in [-0.4, -0.2) is 52.5 Å². The topological polar surface area (TPSA) is 54.9 Å². The minimum absolute atomic E-state index is 0. The quantitative estimate of drug-likeness (QED) is 0.205. The standard InChI is InChI=1S/C21H32BrN3O2.HI/c1-23-20(24-10-3-11-27-15-17-6-12-26-13-7-17)25-16-21(8-9-21)18-4-2-5-19(22)14-18;/h2,4-5,14,17H,3,6-13,15-16H2,1H3,(H2,23,24,25);1H. The molecule has 0 spiro atoms. The number of nitrogens with zero attached hydrogens (tertiary/aromatic N) is 1. The van der Waals surface area contributed by atoms with E-state index in [9.17, 15) is 0 Å². The molecule has 3 rings (SSSR count). The van der Waals surface area contributed by atoms with Crippen molar-refractivity contribution < 1.29 is 9.47 Å². The minimum atomic E-state index is 0. The molecule has 158 valence electrons. The predicted octanol–water partition coefficient (Wildman–Crippen LogP) is 4.10. The first kappa shape index (κ1) is 23.9. The van der Waals surface area contributed by atoms with Crippen molar-refractivity contribution in [2.45, 2.75) is 37.5 Å². The van der Waals surface area contributed by atoms with Gasteiger partial charge in [0.15, 0.2) is 5.96 Å². The maximum atomic E-state index is 5.82. The molecule has 0 atom stereocenters. The second-order valence-electron chi connectivity index (χ2n) is 7.63. The van der Waals surface area contributed by atoms with Crippen LogP contribution in [0.1, 0.15) is 37.7 Å². The first-order chi connectivity index (χ1) is 13.2. The van der Waals surface area contributed by atoms with E-state index in [1.807, 2.05) is 7.05 Å². The van der Waals surface area contributed by atoms with Gasteiger partial charge in [-0.2, -0.15) is 0 Å². The van der Waals surface area contributed by atoms with Crippen LogP contribution in [0.2, 0.25) is 0 Å². The Morgan fingerprint density at radius 2 is 2.07 bits per heavy atom. The van der Waals surface area contributed by atoms with Crippen LogP contribution in [-0.2, 0) is 14.9 Å². The second-order valence-corrected chi connectivity index (χ2v) is 8.54. The summed E-state index contributed by atoms with van der Waals surface area (Å²) < 4.78 is 12.3. The van der Waals surface area contributed by atoms with Crippen LogP contribution in [0.3, 0.4) is 0 Å². The molecule has 1 aromatic rings.